The van der Waals surface area contributed by atoms with Crippen LogP contribution < -0.4 is 5.32 Å². The Morgan fingerprint density at radius 3 is 2.69 bits per heavy atom. The lowest BCUT2D eigenvalue weighted by molar-refractivity contribution is -0.126. The predicted octanol–water partition coefficient (Wildman–Crippen LogP) is 1.70. The molecule has 92 valence electrons. The van der Waals surface area contributed by atoms with Crippen molar-refractivity contribution in [3.05, 3.63) is 0 Å². The van der Waals surface area contributed by atoms with Crippen LogP contribution in [0.25, 0.3) is 0 Å². The van der Waals surface area contributed by atoms with Gasteiger partial charge in [-0.15, -0.1) is 0 Å². The molecule has 2 rings (SSSR count). The summed E-state index contributed by atoms with van der Waals surface area (Å²) < 4.78 is 0. The van der Waals surface area contributed by atoms with E-state index in [4.69, 9.17) is 0 Å². The van der Waals surface area contributed by atoms with Crippen LogP contribution in [0.5, 0.6) is 0 Å². The summed E-state index contributed by atoms with van der Waals surface area (Å²) in [4.78, 5) is 11.9. The van der Waals surface area contributed by atoms with Crippen LogP contribution in [0, 0.1) is 17.8 Å². The highest BCUT2D eigenvalue weighted by Crippen LogP contribution is 2.39. The summed E-state index contributed by atoms with van der Waals surface area (Å²) in [6.07, 6.45) is 5.21. The summed E-state index contributed by atoms with van der Waals surface area (Å²) in [7, 11) is 0. The number of hydrogen-bond donors (Lipinski definition) is 2. The minimum absolute atomic E-state index is 0.0875. The Bertz CT molecular complexity index is 279. The Hall–Kier alpha value is -0.570. The van der Waals surface area contributed by atoms with E-state index in [-0.39, 0.29) is 24.0 Å². The second kappa shape index (κ2) is 4.36. The predicted molar refractivity (Wildman–Crippen MR) is 62.9 cm³/mol. The highest BCUT2D eigenvalue weighted by molar-refractivity contribution is 5.82. The topological polar surface area (TPSA) is 49.3 Å². The van der Waals surface area contributed by atoms with E-state index in [1.807, 2.05) is 0 Å². The minimum Gasteiger partial charge on any atom is -0.394 e. The van der Waals surface area contributed by atoms with E-state index in [1.54, 1.807) is 0 Å². The van der Waals surface area contributed by atoms with Crippen molar-refractivity contribution in [2.45, 2.75) is 51.5 Å². The molecule has 3 heteroatoms. The van der Waals surface area contributed by atoms with Gasteiger partial charge in [0.1, 0.15) is 0 Å². The molecule has 0 aromatic rings. The van der Waals surface area contributed by atoms with Gasteiger partial charge >= 0.3 is 0 Å². The maximum absolute atomic E-state index is 11.9. The normalized spacial score (nSPS) is 42.8. The van der Waals surface area contributed by atoms with Gasteiger partial charge in [0.2, 0.25) is 5.91 Å². The van der Waals surface area contributed by atoms with Gasteiger partial charge in [-0.1, -0.05) is 26.7 Å². The summed E-state index contributed by atoms with van der Waals surface area (Å²) in [5.41, 5.74) is -0.322. The zero-order chi connectivity index (χ0) is 11.8. The van der Waals surface area contributed by atoms with Gasteiger partial charge in [0.25, 0.3) is 0 Å². The molecular weight excluding hydrogens is 202 g/mol. The van der Waals surface area contributed by atoms with Crippen LogP contribution in [0.4, 0.5) is 0 Å². The summed E-state index contributed by atoms with van der Waals surface area (Å²) in [6, 6.07) is 0. The van der Waals surface area contributed by atoms with Crippen LogP contribution >= 0.6 is 0 Å². The Labute approximate surface area is 97.6 Å². The molecule has 0 spiro atoms. The van der Waals surface area contributed by atoms with Crippen molar-refractivity contribution in [1.82, 2.24) is 5.32 Å². The molecule has 0 aliphatic heterocycles. The van der Waals surface area contributed by atoms with Gasteiger partial charge < -0.3 is 10.4 Å². The average Bonchev–Trinajstić information content (AvgIpc) is 2.95. The first kappa shape index (κ1) is 11.9. The molecule has 4 atom stereocenters. The maximum atomic E-state index is 11.9. The molecule has 0 aromatic heterocycles. The van der Waals surface area contributed by atoms with Crippen LogP contribution in [0.1, 0.15) is 46.0 Å². The fourth-order valence-corrected chi connectivity index (χ4v) is 3.00. The minimum atomic E-state index is -0.322. The quantitative estimate of drug-likeness (QED) is 0.768. The summed E-state index contributed by atoms with van der Waals surface area (Å²) in [5.74, 6) is 1.52. The smallest absolute Gasteiger partial charge is 0.223 e. The van der Waals surface area contributed by atoms with Crippen molar-refractivity contribution in [2.75, 3.05) is 6.61 Å². The van der Waals surface area contributed by atoms with Crippen molar-refractivity contribution in [3.63, 3.8) is 0 Å². The Morgan fingerprint density at radius 2 is 2.19 bits per heavy atom. The zero-order valence-electron chi connectivity index (χ0n) is 10.3. The first-order valence-corrected chi connectivity index (χ1v) is 6.49. The van der Waals surface area contributed by atoms with Crippen molar-refractivity contribution in [2.24, 2.45) is 17.8 Å². The number of carbonyl (C=O) groups excluding carboxylic acids is 1. The van der Waals surface area contributed by atoms with E-state index in [1.165, 1.54) is 6.42 Å². The molecule has 0 saturated heterocycles. The Kier molecular flexibility index (Phi) is 3.24. The third kappa shape index (κ3) is 2.40. The Balaban J connectivity index is 1.95. The number of nitrogens with one attached hydrogen (secondary N) is 1. The first-order chi connectivity index (χ1) is 7.56. The average molecular weight is 225 g/mol. The zero-order valence-corrected chi connectivity index (χ0v) is 10.3. The number of amides is 1. The summed E-state index contributed by atoms with van der Waals surface area (Å²) in [6.45, 7) is 4.40. The second-order valence-corrected chi connectivity index (χ2v) is 5.95. The molecule has 2 saturated carbocycles. The van der Waals surface area contributed by atoms with Crippen molar-refractivity contribution in [1.29, 1.82) is 0 Å². The lowest BCUT2D eigenvalue weighted by Gasteiger charge is -2.39. The van der Waals surface area contributed by atoms with E-state index in [0.29, 0.717) is 11.8 Å². The fourth-order valence-electron chi connectivity index (χ4n) is 3.00. The molecule has 2 fully saturated rings. The van der Waals surface area contributed by atoms with Crippen LogP contribution in [0.3, 0.4) is 0 Å². The molecule has 3 nitrogen and oxygen atoms in total. The lowest BCUT2D eigenvalue weighted by atomic mass is 9.76. The van der Waals surface area contributed by atoms with E-state index in [2.05, 4.69) is 19.2 Å². The molecule has 2 N–H and O–H groups in total. The van der Waals surface area contributed by atoms with Gasteiger partial charge in [0, 0.05) is 5.92 Å². The van der Waals surface area contributed by atoms with Gasteiger partial charge in [-0.05, 0) is 31.1 Å². The number of aliphatic hydroxyl groups is 1. The SMILES string of the molecule is CC1CCCC(CO)(NC(=O)C2CC2C)C1. The van der Waals surface area contributed by atoms with Gasteiger partial charge in [-0.3, -0.25) is 4.79 Å². The molecule has 2 aliphatic rings. The highest BCUT2D eigenvalue weighted by Gasteiger charge is 2.43. The van der Waals surface area contributed by atoms with Crippen molar-refractivity contribution in [3.8, 4) is 0 Å². The van der Waals surface area contributed by atoms with Crippen LogP contribution in [0.15, 0.2) is 0 Å². The monoisotopic (exact) mass is 225 g/mol. The van der Waals surface area contributed by atoms with E-state index in [0.717, 1.165) is 25.7 Å². The van der Waals surface area contributed by atoms with E-state index >= 15 is 0 Å². The summed E-state index contributed by atoms with van der Waals surface area (Å²) in [5, 5.41) is 12.7. The number of carbonyl (C=O) groups is 1. The second-order valence-electron chi connectivity index (χ2n) is 5.95. The van der Waals surface area contributed by atoms with Crippen LogP contribution in [-0.2, 0) is 4.79 Å². The van der Waals surface area contributed by atoms with Gasteiger partial charge in [0.05, 0.1) is 12.1 Å². The molecular formula is C13H23NO2. The molecule has 1 amide bonds. The lowest BCUT2D eigenvalue weighted by Crippen LogP contribution is -2.54. The maximum Gasteiger partial charge on any atom is 0.223 e. The number of rotatable bonds is 3. The highest BCUT2D eigenvalue weighted by atomic mass is 16.3. The molecule has 16 heavy (non-hydrogen) atoms. The molecule has 0 bridgehead atoms. The third-order valence-electron chi connectivity index (χ3n) is 4.23. The standard InChI is InChI=1S/C13H23NO2/c1-9-4-3-5-13(7-9,8-15)14-12(16)11-6-10(11)2/h9-11,15H,3-8H2,1-2H3,(H,14,16). The third-order valence-corrected chi connectivity index (χ3v) is 4.23. The molecule has 4 unspecified atom stereocenters. The van der Waals surface area contributed by atoms with Crippen molar-refractivity contribution < 1.29 is 9.90 Å². The molecule has 0 aromatic carbocycles. The van der Waals surface area contributed by atoms with E-state index < -0.39 is 0 Å². The van der Waals surface area contributed by atoms with Crippen molar-refractivity contribution >= 4 is 5.91 Å². The Morgan fingerprint density at radius 1 is 1.50 bits per heavy atom. The molecule has 0 radical (unpaired) electrons. The largest absolute Gasteiger partial charge is 0.394 e. The van der Waals surface area contributed by atoms with Gasteiger partial charge in [-0.2, -0.15) is 0 Å². The van der Waals surface area contributed by atoms with E-state index in [9.17, 15) is 9.90 Å². The number of hydrogen-bond acceptors (Lipinski definition) is 2. The number of aliphatic hydroxyl groups excluding tert-OH is 1. The van der Waals surface area contributed by atoms with Gasteiger partial charge in [-0.25, -0.2) is 0 Å². The molecule has 2 aliphatic carbocycles. The fraction of sp³-hybridized carbons (Fsp3) is 0.923. The van der Waals surface area contributed by atoms with Crippen LogP contribution in [0.2, 0.25) is 0 Å². The summed E-state index contributed by atoms with van der Waals surface area (Å²) >= 11 is 0. The van der Waals surface area contributed by atoms with Crippen LogP contribution in [-0.4, -0.2) is 23.2 Å². The first-order valence-electron chi connectivity index (χ1n) is 6.49. The molecule has 0 heterocycles. The van der Waals surface area contributed by atoms with Gasteiger partial charge in [0.15, 0.2) is 0 Å².